The second-order valence-corrected chi connectivity index (χ2v) is 3.86. The number of anilines is 1. The molecule has 17 heavy (non-hydrogen) atoms. The monoisotopic (exact) mass is 236 g/mol. The van der Waals surface area contributed by atoms with Gasteiger partial charge in [0.2, 0.25) is 11.8 Å². The van der Waals surface area contributed by atoms with E-state index < -0.39 is 0 Å². The molecule has 2 N–H and O–H groups in total. The molecule has 1 amide bonds. The minimum absolute atomic E-state index is 0.120. The predicted molar refractivity (Wildman–Crippen MR) is 62.9 cm³/mol. The zero-order chi connectivity index (χ0) is 12.1. The Morgan fingerprint density at radius 1 is 1.59 bits per heavy atom. The van der Waals surface area contributed by atoms with Crippen LogP contribution in [0.5, 0.6) is 5.88 Å². The van der Waals surface area contributed by atoms with Gasteiger partial charge in [-0.05, 0) is 13.3 Å². The highest BCUT2D eigenvalue weighted by Crippen LogP contribution is 2.12. The molecule has 1 aromatic heterocycles. The van der Waals surface area contributed by atoms with E-state index in [1.54, 1.807) is 6.07 Å². The highest BCUT2D eigenvalue weighted by atomic mass is 16.5. The third kappa shape index (κ3) is 3.30. The molecule has 6 heteroatoms. The lowest BCUT2D eigenvalue weighted by molar-refractivity contribution is -0.119. The Morgan fingerprint density at radius 3 is 3.18 bits per heavy atom. The van der Waals surface area contributed by atoms with Crippen LogP contribution < -0.4 is 15.4 Å². The molecule has 92 valence electrons. The third-order valence-electron chi connectivity index (χ3n) is 2.55. The Labute approximate surface area is 99.8 Å². The van der Waals surface area contributed by atoms with Crippen LogP contribution in [-0.2, 0) is 4.79 Å². The molecule has 0 spiro atoms. The molecule has 0 aliphatic carbocycles. The summed E-state index contributed by atoms with van der Waals surface area (Å²) >= 11 is 0. The van der Waals surface area contributed by atoms with Crippen LogP contribution in [0.15, 0.2) is 12.4 Å². The number of rotatable bonds is 5. The first-order valence-corrected chi connectivity index (χ1v) is 5.76. The molecule has 1 aromatic rings. The number of hydrogen-bond acceptors (Lipinski definition) is 5. The van der Waals surface area contributed by atoms with E-state index in [2.05, 4.69) is 20.6 Å². The van der Waals surface area contributed by atoms with Crippen molar-refractivity contribution in [3.05, 3.63) is 12.4 Å². The molecular formula is C11H16N4O2. The maximum absolute atomic E-state index is 11.0. The molecule has 1 fully saturated rings. The van der Waals surface area contributed by atoms with Gasteiger partial charge >= 0.3 is 0 Å². The van der Waals surface area contributed by atoms with Gasteiger partial charge in [-0.1, -0.05) is 0 Å². The molecule has 1 atom stereocenters. The summed E-state index contributed by atoms with van der Waals surface area (Å²) in [6.07, 6.45) is 2.94. The van der Waals surface area contributed by atoms with Crippen molar-refractivity contribution in [2.45, 2.75) is 25.8 Å². The number of carbonyl (C=O) groups is 1. The fourth-order valence-corrected chi connectivity index (χ4v) is 1.72. The second kappa shape index (κ2) is 5.47. The number of ether oxygens (including phenoxy) is 1. The number of carbonyl (C=O) groups excluding carboxylic acids is 1. The summed E-state index contributed by atoms with van der Waals surface area (Å²) in [5.74, 6) is 1.39. The van der Waals surface area contributed by atoms with E-state index in [-0.39, 0.29) is 11.9 Å². The fourth-order valence-electron chi connectivity index (χ4n) is 1.72. The van der Waals surface area contributed by atoms with Crippen molar-refractivity contribution in [2.75, 3.05) is 18.5 Å². The van der Waals surface area contributed by atoms with Crippen LogP contribution in [0.4, 0.5) is 5.82 Å². The number of aromatic nitrogens is 2. The molecule has 0 bridgehead atoms. The number of amides is 1. The standard InChI is InChI=1S/C11H16N4O2/c1-2-17-11-5-9(13-7-14-11)12-6-8-3-4-10(16)15-8/h5,7-8H,2-4,6H2,1H3,(H,15,16)(H,12,13,14). The average Bonchev–Trinajstić information content (AvgIpc) is 2.74. The van der Waals surface area contributed by atoms with E-state index >= 15 is 0 Å². The molecule has 1 aliphatic rings. The van der Waals surface area contributed by atoms with E-state index in [1.165, 1.54) is 6.33 Å². The maximum Gasteiger partial charge on any atom is 0.220 e. The Hall–Kier alpha value is -1.85. The second-order valence-electron chi connectivity index (χ2n) is 3.86. The molecule has 6 nitrogen and oxygen atoms in total. The first kappa shape index (κ1) is 11.6. The molecule has 2 heterocycles. The van der Waals surface area contributed by atoms with Gasteiger partial charge in [0, 0.05) is 25.1 Å². The molecule has 1 unspecified atom stereocenters. The van der Waals surface area contributed by atoms with Crippen LogP contribution in [-0.4, -0.2) is 35.1 Å². The Kier molecular flexibility index (Phi) is 3.74. The van der Waals surface area contributed by atoms with Crippen molar-refractivity contribution in [2.24, 2.45) is 0 Å². The molecule has 0 radical (unpaired) electrons. The smallest absolute Gasteiger partial charge is 0.220 e. The van der Waals surface area contributed by atoms with Gasteiger partial charge in [-0.3, -0.25) is 4.79 Å². The van der Waals surface area contributed by atoms with Gasteiger partial charge in [-0.25, -0.2) is 9.97 Å². The van der Waals surface area contributed by atoms with Crippen LogP contribution >= 0.6 is 0 Å². The highest BCUT2D eigenvalue weighted by molar-refractivity contribution is 5.78. The van der Waals surface area contributed by atoms with Crippen molar-refractivity contribution in [1.82, 2.24) is 15.3 Å². The van der Waals surface area contributed by atoms with Gasteiger partial charge in [0.15, 0.2) is 0 Å². The van der Waals surface area contributed by atoms with Crippen molar-refractivity contribution in [3.63, 3.8) is 0 Å². The Morgan fingerprint density at radius 2 is 2.47 bits per heavy atom. The van der Waals surface area contributed by atoms with Gasteiger partial charge in [0.25, 0.3) is 0 Å². The van der Waals surface area contributed by atoms with Crippen molar-refractivity contribution < 1.29 is 9.53 Å². The molecule has 2 rings (SSSR count). The number of hydrogen-bond donors (Lipinski definition) is 2. The van der Waals surface area contributed by atoms with Gasteiger partial charge in [0.1, 0.15) is 12.1 Å². The lowest BCUT2D eigenvalue weighted by atomic mass is 10.2. The molecular weight excluding hydrogens is 220 g/mol. The highest BCUT2D eigenvalue weighted by Gasteiger charge is 2.20. The SMILES string of the molecule is CCOc1cc(NCC2CCC(=O)N2)ncn1. The van der Waals surface area contributed by atoms with E-state index in [0.717, 1.165) is 6.42 Å². The fraction of sp³-hybridized carbons (Fsp3) is 0.545. The van der Waals surface area contributed by atoms with Crippen LogP contribution in [0.3, 0.4) is 0 Å². The van der Waals surface area contributed by atoms with Crippen LogP contribution in [0.1, 0.15) is 19.8 Å². The largest absolute Gasteiger partial charge is 0.478 e. The lowest BCUT2D eigenvalue weighted by Crippen LogP contribution is -2.31. The van der Waals surface area contributed by atoms with Crippen LogP contribution in [0.25, 0.3) is 0 Å². The summed E-state index contributed by atoms with van der Waals surface area (Å²) in [6.45, 7) is 3.16. The molecule has 0 saturated carbocycles. The van der Waals surface area contributed by atoms with Crippen molar-refractivity contribution >= 4 is 11.7 Å². The lowest BCUT2D eigenvalue weighted by Gasteiger charge is -2.12. The van der Waals surface area contributed by atoms with Gasteiger partial charge in [-0.15, -0.1) is 0 Å². The van der Waals surface area contributed by atoms with E-state index in [4.69, 9.17) is 4.74 Å². The normalized spacial score (nSPS) is 18.9. The summed E-state index contributed by atoms with van der Waals surface area (Å²) < 4.78 is 5.27. The third-order valence-corrected chi connectivity index (χ3v) is 2.55. The summed E-state index contributed by atoms with van der Waals surface area (Å²) in [6, 6.07) is 1.94. The van der Waals surface area contributed by atoms with Crippen LogP contribution in [0.2, 0.25) is 0 Å². The number of nitrogens with zero attached hydrogens (tertiary/aromatic N) is 2. The zero-order valence-electron chi connectivity index (χ0n) is 9.77. The van der Waals surface area contributed by atoms with Gasteiger partial charge in [0.05, 0.1) is 6.61 Å². The zero-order valence-corrected chi connectivity index (χ0v) is 9.77. The van der Waals surface area contributed by atoms with E-state index in [0.29, 0.717) is 31.3 Å². The Balaban J connectivity index is 1.85. The molecule has 0 aromatic carbocycles. The minimum atomic E-state index is 0.120. The quantitative estimate of drug-likeness (QED) is 0.781. The van der Waals surface area contributed by atoms with E-state index in [1.807, 2.05) is 6.92 Å². The van der Waals surface area contributed by atoms with Crippen molar-refractivity contribution in [1.29, 1.82) is 0 Å². The molecule has 1 aliphatic heterocycles. The minimum Gasteiger partial charge on any atom is -0.478 e. The van der Waals surface area contributed by atoms with Gasteiger partial charge in [-0.2, -0.15) is 0 Å². The van der Waals surface area contributed by atoms with Crippen molar-refractivity contribution in [3.8, 4) is 5.88 Å². The average molecular weight is 236 g/mol. The summed E-state index contributed by atoms with van der Waals surface area (Å²) in [7, 11) is 0. The van der Waals surface area contributed by atoms with Gasteiger partial charge < -0.3 is 15.4 Å². The van der Waals surface area contributed by atoms with Crippen LogP contribution in [0, 0.1) is 0 Å². The maximum atomic E-state index is 11.0. The first-order chi connectivity index (χ1) is 8.28. The number of nitrogens with one attached hydrogen (secondary N) is 2. The summed E-state index contributed by atoms with van der Waals surface area (Å²) in [5.41, 5.74) is 0. The molecule has 1 saturated heterocycles. The predicted octanol–water partition coefficient (Wildman–Crippen LogP) is 0.566. The summed E-state index contributed by atoms with van der Waals surface area (Å²) in [4.78, 5) is 19.1. The van der Waals surface area contributed by atoms with E-state index in [9.17, 15) is 4.79 Å². The summed E-state index contributed by atoms with van der Waals surface area (Å²) in [5, 5.41) is 6.05. The topological polar surface area (TPSA) is 76.1 Å². The Bertz CT molecular complexity index is 397. The first-order valence-electron chi connectivity index (χ1n) is 5.76.